The molecule has 0 fully saturated rings. The number of benzene rings is 1. The van der Waals surface area contributed by atoms with Gasteiger partial charge in [-0.05, 0) is 38.4 Å². The maximum Gasteiger partial charge on any atom is 0.252 e. The third-order valence-electron chi connectivity index (χ3n) is 2.75. The Bertz CT molecular complexity index is 598. The number of hydrogen-bond donors (Lipinski definition) is 1. The summed E-state index contributed by atoms with van der Waals surface area (Å²) < 4.78 is 13.1. The van der Waals surface area contributed by atoms with Gasteiger partial charge in [0.25, 0.3) is 5.91 Å². The second kappa shape index (κ2) is 5.75. The number of rotatable bonds is 4. The van der Waals surface area contributed by atoms with Crippen LogP contribution in [-0.4, -0.2) is 43.0 Å². The van der Waals surface area contributed by atoms with Crippen LogP contribution in [0.1, 0.15) is 10.4 Å². The Morgan fingerprint density at radius 3 is 2.89 bits per heavy atom. The van der Waals surface area contributed by atoms with Gasteiger partial charge in [-0.15, -0.1) is 0 Å². The molecule has 0 aliphatic carbocycles. The summed E-state index contributed by atoms with van der Waals surface area (Å²) in [6.45, 7) is 1.33. The van der Waals surface area contributed by atoms with Crippen molar-refractivity contribution in [3.8, 4) is 0 Å². The Balaban J connectivity index is 2.13. The van der Waals surface area contributed by atoms with Crippen LogP contribution in [0.4, 0.5) is 4.39 Å². The van der Waals surface area contributed by atoms with Gasteiger partial charge < -0.3 is 10.2 Å². The third-order valence-corrected chi connectivity index (χ3v) is 2.75. The standard InChI is InChI=1S/C14H16FN3O/c1-18(2)6-5-16-14(19)11-7-10-8-12(15)3-4-13(10)17-9-11/h3-4,7-9H,5-6H2,1-2H3,(H,16,19). The number of fused-ring (bicyclic) bond motifs is 1. The lowest BCUT2D eigenvalue weighted by molar-refractivity contribution is 0.0951. The van der Waals surface area contributed by atoms with Crippen LogP contribution in [-0.2, 0) is 0 Å². The molecule has 2 rings (SSSR count). The molecule has 0 aliphatic heterocycles. The molecule has 1 aromatic heterocycles. The highest BCUT2D eigenvalue weighted by Crippen LogP contribution is 2.14. The van der Waals surface area contributed by atoms with Crippen molar-refractivity contribution in [1.82, 2.24) is 15.2 Å². The van der Waals surface area contributed by atoms with E-state index in [-0.39, 0.29) is 11.7 Å². The first-order chi connectivity index (χ1) is 9.06. The zero-order chi connectivity index (χ0) is 13.8. The summed E-state index contributed by atoms with van der Waals surface area (Å²) in [4.78, 5) is 18.0. The molecule has 0 atom stereocenters. The summed E-state index contributed by atoms with van der Waals surface area (Å²) >= 11 is 0. The van der Waals surface area contributed by atoms with Crippen molar-refractivity contribution >= 4 is 16.8 Å². The van der Waals surface area contributed by atoms with Gasteiger partial charge in [0.2, 0.25) is 0 Å². The van der Waals surface area contributed by atoms with Gasteiger partial charge in [-0.2, -0.15) is 0 Å². The minimum absolute atomic E-state index is 0.194. The monoisotopic (exact) mass is 261 g/mol. The fourth-order valence-corrected chi connectivity index (χ4v) is 1.72. The van der Waals surface area contributed by atoms with Gasteiger partial charge >= 0.3 is 0 Å². The lowest BCUT2D eigenvalue weighted by Crippen LogP contribution is -2.31. The molecule has 1 heterocycles. The van der Waals surface area contributed by atoms with E-state index in [0.717, 1.165) is 6.54 Å². The van der Waals surface area contributed by atoms with E-state index in [1.54, 1.807) is 12.1 Å². The molecule has 0 spiro atoms. The average molecular weight is 261 g/mol. The summed E-state index contributed by atoms with van der Waals surface area (Å²) in [6.07, 6.45) is 1.51. The van der Waals surface area contributed by atoms with Crippen LogP contribution >= 0.6 is 0 Å². The summed E-state index contributed by atoms with van der Waals surface area (Å²) in [7, 11) is 3.87. The molecule has 0 bridgehead atoms. The van der Waals surface area contributed by atoms with Crippen molar-refractivity contribution in [2.24, 2.45) is 0 Å². The highest BCUT2D eigenvalue weighted by Gasteiger charge is 2.07. The summed E-state index contributed by atoms with van der Waals surface area (Å²) in [5.41, 5.74) is 1.11. The van der Waals surface area contributed by atoms with E-state index in [2.05, 4.69) is 10.3 Å². The van der Waals surface area contributed by atoms with Crippen LogP contribution in [0, 0.1) is 5.82 Å². The molecule has 1 aromatic carbocycles. The van der Waals surface area contributed by atoms with Gasteiger partial charge in [-0.3, -0.25) is 9.78 Å². The molecular weight excluding hydrogens is 245 g/mol. The number of amides is 1. The Labute approximate surface area is 111 Å². The van der Waals surface area contributed by atoms with E-state index in [4.69, 9.17) is 0 Å². The van der Waals surface area contributed by atoms with Gasteiger partial charge in [-0.25, -0.2) is 4.39 Å². The number of carbonyl (C=O) groups excluding carboxylic acids is 1. The molecular formula is C14H16FN3O. The van der Waals surface area contributed by atoms with Crippen LogP contribution < -0.4 is 5.32 Å². The molecule has 0 aliphatic rings. The Morgan fingerprint density at radius 2 is 2.16 bits per heavy atom. The number of aromatic nitrogens is 1. The van der Waals surface area contributed by atoms with Gasteiger partial charge in [-0.1, -0.05) is 0 Å². The molecule has 2 aromatic rings. The fourth-order valence-electron chi connectivity index (χ4n) is 1.72. The quantitative estimate of drug-likeness (QED) is 0.910. The second-order valence-electron chi connectivity index (χ2n) is 4.62. The van der Waals surface area contributed by atoms with Gasteiger partial charge in [0.15, 0.2) is 0 Å². The predicted molar refractivity (Wildman–Crippen MR) is 72.6 cm³/mol. The van der Waals surface area contributed by atoms with Gasteiger partial charge in [0.05, 0.1) is 11.1 Å². The smallest absolute Gasteiger partial charge is 0.252 e. The Kier molecular flexibility index (Phi) is 4.06. The van der Waals surface area contributed by atoms with E-state index in [0.29, 0.717) is 23.0 Å². The summed E-state index contributed by atoms with van der Waals surface area (Å²) in [6, 6.07) is 5.97. The maximum atomic E-state index is 13.1. The molecule has 1 N–H and O–H groups in total. The molecule has 4 nitrogen and oxygen atoms in total. The topological polar surface area (TPSA) is 45.2 Å². The van der Waals surface area contributed by atoms with Crippen molar-refractivity contribution in [2.45, 2.75) is 0 Å². The second-order valence-corrected chi connectivity index (χ2v) is 4.62. The van der Waals surface area contributed by atoms with Crippen LogP contribution in [0.2, 0.25) is 0 Å². The molecule has 1 amide bonds. The SMILES string of the molecule is CN(C)CCNC(=O)c1cnc2ccc(F)cc2c1. The van der Waals surface area contributed by atoms with E-state index in [1.165, 1.54) is 18.3 Å². The first-order valence-electron chi connectivity index (χ1n) is 6.04. The molecule has 5 heteroatoms. The Hall–Kier alpha value is -2.01. The minimum atomic E-state index is -0.334. The average Bonchev–Trinajstić information content (AvgIpc) is 2.37. The lowest BCUT2D eigenvalue weighted by atomic mass is 10.1. The molecule has 0 saturated heterocycles. The maximum absolute atomic E-state index is 13.1. The minimum Gasteiger partial charge on any atom is -0.351 e. The van der Waals surface area contributed by atoms with E-state index in [1.807, 2.05) is 19.0 Å². The lowest BCUT2D eigenvalue weighted by Gasteiger charge is -2.10. The molecule has 100 valence electrons. The van der Waals surface area contributed by atoms with Crippen LogP contribution in [0.25, 0.3) is 10.9 Å². The number of hydrogen-bond acceptors (Lipinski definition) is 3. The van der Waals surface area contributed by atoms with Crippen molar-refractivity contribution < 1.29 is 9.18 Å². The number of nitrogens with one attached hydrogen (secondary N) is 1. The number of pyridine rings is 1. The Morgan fingerprint density at radius 1 is 1.37 bits per heavy atom. The zero-order valence-electron chi connectivity index (χ0n) is 11.0. The predicted octanol–water partition coefficient (Wildman–Crippen LogP) is 1.67. The van der Waals surface area contributed by atoms with Crippen LogP contribution in [0.3, 0.4) is 0 Å². The highest BCUT2D eigenvalue weighted by atomic mass is 19.1. The number of nitrogens with zero attached hydrogens (tertiary/aromatic N) is 2. The van der Waals surface area contributed by atoms with Gasteiger partial charge in [0.1, 0.15) is 5.82 Å². The van der Waals surface area contributed by atoms with Crippen LogP contribution in [0.15, 0.2) is 30.5 Å². The summed E-state index contributed by atoms with van der Waals surface area (Å²) in [5.74, 6) is -0.528. The van der Waals surface area contributed by atoms with Crippen molar-refractivity contribution in [3.05, 3.63) is 41.8 Å². The zero-order valence-corrected chi connectivity index (χ0v) is 11.0. The first-order valence-corrected chi connectivity index (χ1v) is 6.04. The fraction of sp³-hybridized carbons (Fsp3) is 0.286. The normalized spacial score (nSPS) is 10.9. The number of carbonyl (C=O) groups is 1. The van der Waals surface area contributed by atoms with E-state index >= 15 is 0 Å². The van der Waals surface area contributed by atoms with Crippen LogP contribution in [0.5, 0.6) is 0 Å². The third kappa shape index (κ3) is 3.48. The number of halogens is 1. The van der Waals surface area contributed by atoms with Crippen molar-refractivity contribution in [1.29, 1.82) is 0 Å². The summed E-state index contributed by atoms with van der Waals surface area (Å²) in [5, 5.41) is 3.42. The first kappa shape index (κ1) is 13.4. The molecule has 0 unspecified atom stereocenters. The highest BCUT2D eigenvalue weighted by molar-refractivity contribution is 5.97. The van der Waals surface area contributed by atoms with E-state index < -0.39 is 0 Å². The van der Waals surface area contributed by atoms with Gasteiger partial charge in [0, 0.05) is 24.7 Å². The largest absolute Gasteiger partial charge is 0.351 e. The molecule has 0 saturated carbocycles. The molecule has 19 heavy (non-hydrogen) atoms. The van der Waals surface area contributed by atoms with Crippen molar-refractivity contribution in [2.75, 3.05) is 27.2 Å². The number of likely N-dealkylation sites (N-methyl/N-ethyl adjacent to an activating group) is 1. The molecule has 0 radical (unpaired) electrons. The van der Waals surface area contributed by atoms with E-state index in [9.17, 15) is 9.18 Å². The van der Waals surface area contributed by atoms with Crippen molar-refractivity contribution in [3.63, 3.8) is 0 Å².